The van der Waals surface area contributed by atoms with Crippen molar-refractivity contribution in [2.45, 2.75) is 25.1 Å². The number of hydrogen-bond acceptors (Lipinski definition) is 4. The van der Waals surface area contributed by atoms with Crippen molar-refractivity contribution in [2.24, 2.45) is 10.9 Å². The number of likely N-dealkylation sites (N-methyl/N-ethyl adjacent to an activating group) is 1. The van der Waals surface area contributed by atoms with Gasteiger partial charge in [-0.3, -0.25) is 14.6 Å². The average Bonchev–Trinajstić information content (AvgIpc) is 2.70. The Kier molecular flexibility index (Phi) is 3.38. The maximum absolute atomic E-state index is 11.9. The second-order valence-electron chi connectivity index (χ2n) is 4.50. The number of carbonyl (C=O) groups is 2. The lowest BCUT2D eigenvalue weighted by Gasteiger charge is -2.25. The van der Waals surface area contributed by atoms with Crippen LogP contribution in [0.25, 0.3) is 0 Å². The summed E-state index contributed by atoms with van der Waals surface area (Å²) in [5.74, 6) is 0.168. The predicted molar refractivity (Wildman–Crippen MR) is 67.7 cm³/mol. The SMILES string of the molecule is CC(=O)C1=NC2S[C]=C(C(=O)N(C)C)C2CC1. The van der Waals surface area contributed by atoms with Crippen LogP contribution in [0.1, 0.15) is 19.8 Å². The van der Waals surface area contributed by atoms with E-state index in [1.165, 1.54) is 11.8 Å². The number of aliphatic imine (C=N–C) groups is 1. The number of fused-ring (bicyclic) bond motifs is 1. The zero-order chi connectivity index (χ0) is 12.6. The summed E-state index contributed by atoms with van der Waals surface area (Å²) in [6.45, 7) is 1.54. The fraction of sp³-hybridized carbons (Fsp3) is 0.583. The van der Waals surface area contributed by atoms with E-state index in [9.17, 15) is 9.59 Å². The Morgan fingerprint density at radius 2 is 2.18 bits per heavy atom. The molecule has 1 amide bonds. The lowest BCUT2D eigenvalue weighted by Crippen LogP contribution is -2.31. The minimum absolute atomic E-state index is 0.00600. The molecule has 2 heterocycles. The van der Waals surface area contributed by atoms with Gasteiger partial charge in [0.25, 0.3) is 5.91 Å². The third-order valence-electron chi connectivity index (χ3n) is 3.02. The summed E-state index contributed by atoms with van der Waals surface area (Å²) < 4.78 is 0. The second-order valence-corrected chi connectivity index (χ2v) is 5.42. The normalized spacial score (nSPS) is 27.0. The van der Waals surface area contributed by atoms with Crippen molar-refractivity contribution in [3.05, 3.63) is 11.0 Å². The van der Waals surface area contributed by atoms with Crippen molar-refractivity contribution < 1.29 is 9.59 Å². The van der Waals surface area contributed by atoms with Crippen LogP contribution in [-0.4, -0.2) is 41.8 Å². The molecule has 0 saturated heterocycles. The lowest BCUT2D eigenvalue weighted by atomic mass is 9.90. The average molecular weight is 251 g/mol. The number of amides is 1. The first-order chi connectivity index (χ1) is 8.00. The summed E-state index contributed by atoms with van der Waals surface area (Å²) in [7, 11) is 3.48. The molecule has 0 spiro atoms. The highest BCUT2D eigenvalue weighted by Gasteiger charge is 2.38. The molecule has 17 heavy (non-hydrogen) atoms. The molecule has 4 nitrogen and oxygen atoms in total. The Morgan fingerprint density at radius 3 is 2.76 bits per heavy atom. The van der Waals surface area contributed by atoms with Gasteiger partial charge in [0.05, 0.1) is 5.71 Å². The molecule has 0 aromatic carbocycles. The molecule has 5 heteroatoms. The summed E-state index contributed by atoms with van der Waals surface area (Å²) in [6, 6.07) is 0. The predicted octanol–water partition coefficient (Wildman–Crippen LogP) is 1.27. The Bertz CT molecular complexity index is 426. The van der Waals surface area contributed by atoms with Gasteiger partial charge >= 0.3 is 0 Å². The summed E-state index contributed by atoms with van der Waals surface area (Å²) in [5.41, 5.74) is 1.37. The number of hydrogen-bond donors (Lipinski definition) is 0. The highest BCUT2D eigenvalue weighted by atomic mass is 32.2. The molecular formula is C12H15N2O2S. The largest absolute Gasteiger partial charge is 0.345 e. The lowest BCUT2D eigenvalue weighted by molar-refractivity contribution is -0.125. The number of carbonyl (C=O) groups excluding carboxylic acids is 2. The van der Waals surface area contributed by atoms with E-state index in [0.29, 0.717) is 12.1 Å². The minimum Gasteiger partial charge on any atom is -0.345 e. The molecule has 1 radical (unpaired) electrons. The molecule has 0 aromatic heterocycles. The first-order valence-electron chi connectivity index (χ1n) is 5.58. The number of nitrogens with zero attached hydrogens (tertiary/aromatic N) is 2. The topological polar surface area (TPSA) is 49.7 Å². The van der Waals surface area contributed by atoms with Crippen LogP contribution in [0, 0.1) is 11.3 Å². The van der Waals surface area contributed by atoms with Crippen molar-refractivity contribution >= 4 is 29.2 Å². The third-order valence-corrected chi connectivity index (χ3v) is 4.04. The molecule has 0 aliphatic carbocycles. The van der Waals surface area contributed by atoms with Gasteiger partial charge in [0, 0.05) is 37.9 Å². The number of ketones is 1. The van der Waals surface area contributed by atoms with Crippen LogP contribution in [0.3, 0.4) is 0 Å². The van der Waals surface area contributed by atoms with Crippen LogP contribution in [0.4, 0.5) is 0 Å². The maximum atomic E-state index is 11.9. The van der Waals surface area contributed by atoms with Gasteiger partial charge in [-0.25, -0.2) is 0 Å². The van der Waals surface area contributed by atoms with Gasteiger partial charge in [0.2, 0.25) is 0 Å². The number of rotatable bonds is 2. The quantitative estimate of drug-likeness (QED) is 0.742. The molecule has 2 atom stereocenters. The molecule has 2 rings (SSSR count). The van der Waals surface area contributed by atoms with Crippen molar-refractivity contribution in [2.75, 3.05) is 14.1 Å². The molecule has 0 bridgehead atoms. The van der Waals surface area contributed by atoms with Gasteiger partial charge in [0.15, 0.2) is 5.78 Å². The minimum atomic E-state index is -0.0263. The molecule has 0 aromatic rings. The van der Waals surface area contributed by atoms with E-state index >= 15 is 0 Å². The van der Waals surface area contributed by atoms with Crippen LogP contribution < -0.4 is 0 Å². The van der Waals surface area contributed by atoms with Crippen LogP contribution in [0.15, 0.2) is 10.6 Å². The van der Waals surface area contributed by atoms with Crippen LogP contribution in [0.2, 0.25) is 0 Å². The van der Waals surface area contributed by atoms with E-state index in [-0.39, 0.29) is 23.0 Å². The maximum Gasteiger partial charge on any atom is 0.250 e. The van der Waals surface area contributed by atoms with Crippen molar-refractivity contribution in [3.8, 4) is 0 Å². The molecule has 2 unspecified atom stereocenters. The molecule has 2 aliphatic heterocycles. The van der Waals surface area contributed by atoms with Crippen LogP contribution >= 0.6 is 11.8 Å². The molecule has 91 valence electrons. The molecule has 0 saturated carbocycles. The van der Waals surface area contributed by atoms with Gasteiger partial charge in [-0.05, 0) is 12.8 Å². The molecule has 2 aliphatic rings. The van der Waals surface area contributed by atoms with E-state index in [1.54, 1.807) is 25.9 Å². The van der Waals surface area contributed by atoms with E-state index in [2.05, 4.69) is 10.4 Å². The van der Waals surface area contributed by atoms with Gasteiger partial charge in [0.1, 0.15) is 5.37 Å². The second kappa shape index (κ2) is 4.64. The fourth-order valence-corrected chi connectivity index (χ4v) is 3.15. The van der Waals surface area contributed by atoms with Gasteiger partial charge < -0.3 is 4.90 Å². The van der Waals surface area contributed by atoms with Gasteiger partial charge in [-0.1, -0.05) is 11.8 Å². The molecule has 0 fully saturated rings. The Balaban J connectivity index is 2.16. The van der Waals surface area contributed by atoms with E-state index in [1.807, 2.05) is 0 Å². The van der Waals surface area contributed by atoms with Crippen molar-refractivity contribution in [3.63, 3.8) is 0 Å². The van der Waals surface area contributed by atoms with E-state index in [0.717, 1.165) is 12.0 Å². The molecule has 0 N–H and O–H groups in total. The Hall–Kier alpha value is -1.10. The monoisotopic (exact) mass is 251 g/mol. The Morgan fingerprint density at radius 1 is 1.47 bits per heavy atom. The van der Waals surface area contributed by atoms with Crippen molar-refractivity contribution in [1.29, 1.82) is 0 Å². The van der Waals surface area contributed by atoms with Crippen LogP contribution in [-0.2, 0) is 9.59 Å². The first-order valence-corrected chi connectivity index (χ1v) is 6.46. The van der Waals surface area contributed by atoms with Crippen molar-refractivity contribution in [1.82, 2.24) is 4.90 Å². The zero-order valence-electron chi connectivity index (χ0n) is 10.2. The smallest absolute Gasteiger partial charge is 0.250 e. The zero-order valence-corrected chi connectivity index (χ0v) is 11.0. The standard InChI is InChI=1S/C12H15N2O2S/c1-7(15)10-5-4-8-9(12(16)14(2)3)6-17-11(8)13-10/h8,11H,4-5H2,1-3H3. The van der Waals surface area contributed by atoms with Crippen LogP contribution in [0.5, 0.6) is 0 Å². The summed E-state index contributed by atoms with van der Waals surface area (Å²) in [4.78, 5) is 29.2. The number of Topliss-reactive ketones (excluding diaryl/α,β-unsaturated/α-hetero) is 1. The Labute approximate surface area is 105 Å². The highest BCUT2D eigenvalue weighted by Crippen LogP contribution is 2.41. The fourth-order valence-electron chi connectivity index (χ4n) is 2.05. The van der Waals surface area contributed by atoms with E-state index < -0.39 is 0 Å². The van der Waals surface area contributed by atoms with Gasteiger partial charge in [-0.2, -0.15) is 0 Å². The first kappa shape index (κ1) is 12.4. The highest BCUT2D eigenvalue weighted by molar-refractivity contribution is 8.01. The summed E-state index contributed by atoms with van der Waals surface area (Å²) in [6.07, 6.45) is 1.49. The van der Waals surface area contributed by atoms with Gasteiger partial charge in [-0.15, -0.1) is 0 Å². The third kappa shape index (κ3) is 2.29. The van der Waals surface area contributed by atoms with E-state index in [4.69, 9.17) is 0 Å². The number of thioether (sulfide) groups is 1. The summed E-state index contributed by atoms with van der Waals surface area (Å²) >= 11 is 1.43. The summed E-state index contributed by atoms with van der Waals surface area (Å²) in [5, 5.41) is 3.04. The molecular weight excluding hydrogens is 236 g/mol.